The Kier molecular flexibility index (Phi) is 3.21. The van der Waals surface area contributed by atoms with Crippen LogP contribution in [0.25, 0.3) is 0 Å². The summed E-state index contributed by atoms with van der Waals surface area (Å²) in [5.41, 5.74) is 0.419. The monoisotopic (exact) mass is 176 g/mol. The van der Waals surface area contributed by atoms with Gasteiger partial charge in [-0.2, -0.15) is 5.26 Å². The van der Waals surface area contributed by atoms with Gasteiger partial charge in [0.25, 0.3) is 0 Å². The molecular formula is C9H12N4. The van der Waals surface area contributed by atoms with Crippen LogP contribution in [0.3, 0.4) is 0 Å². The van der Waals surface area contributed by atoms with Gasteiger partial charge in [0, 0.05) is 19.5 Å². The zero-order chi connectivity index (χ0) is 9.68. The zero-order valence-corrected chi connectivity index (χ0v) is 7.83. The first-order valence-corrected chi connectivity index (χ1v) is 4.26. The van der Waals surface area contributed by atoms with Crippen molar-refractivity contribution in [3.05, 3.63) is 17.6 Å². The minimum absolute atomic E-state index is 0.419. The summed E-state index contributed by atoms with van der Waals surface area (Å²) in [6.07, 6.45) is 1.79. The topological polar surface area (TPSA) is 61.6 Å². The minimum Gasteiger partial charge on any atom is -0.373 e. The smallest absolute Gasteiger partial charge is 0.146 e. The molecule has 0 aromatic carbocycles. The average Bonchev–Trinajstić information content (AvgIpc) is 2.17. The van der Waals surface area contributed by atoms with Crippen molar-refractivity contribution in [2.45, 2.75) is 19.8 Å². The normalized spacial score (nSPS) is 9.31. The van der Waals surface area contributed by atoms with E-state index in [9.17, 15) is 0 Å². The molecule has 0 amide bonds. The van der Waals surface area contributed by atoms with Crippen molar-refractivity contribution in [2.24, 2.45) is 0 Å². The zero-order valence-electron chi connectivity index (χ0n) is 7.83. The van der Waals surface area contributed by atoms with Gasteiger partial charge in [0.15, 0.2) is 0 Å². The number of nitrogens with one attached hydrogen (secondary N) is 1. The largest absolute Gasteiger partial charge is 0.373 e. The highest BCUT2D eigenvalue weighted by Gasteiger charge is 2.01. The van der Waals surface area contributed by atoms with Crippen LogP contribution >= 0.6 is 0 Å². The fourth-order valence-electron chi connectivity index (χ4n) is 1.02. The number of hydrogen-bond acceptors (Lipinski definition) is 4. The highest BCUT2D eigenvalue weighted by atomic mass is 15.0. The first kappa shape index (κ1) is 9.46. The Bertz CT molecular complexity index is 327. The van der Waals surface area contributed by atoms with Gasteiger partial charge in [-0.05, 0) is 6.42 Å². The first-order chi connectivity index (χ1) is 6.30. The maximum absolute atomic E-state index is 8.68. The van der Waals surface area contributed by atoms with Gasteiger partial charge >= 0.3 is 0 Å². The molecule has 0 fully saturated rings. The fraction of sp³-hybridized carbons (Fsp3) is 0.444. The molecule has 0 spiro atoms. The summed E-state index contributed by atoms with van der Waals surface area (Å²) in [6, 6.07) is 3.65. The molecule has 0 unspecified atom stereocenters. The molecule has 4 nitrogen and oxygen atoms in total. The van der Waals surface area contributed by atoms with E-state index in [1.54, 1.807) is 13.1 Å². The van der Waals surface area contributed by atoms with Crippen LogP contribution in [0.5, 0.6) is 0 Å². The molecule has 1 heterocycles. The maximum Gasteiger partial charge on any atom is 0.146 e. The molecule has 1 rings (SSSR count). The molecule has 13 heavy (non-hydrogen) atoms. The highest BCUT2D eigenvalue weighted by molar-refractivity contribution is 5.39. The van der Waals surface area contributed by atoms with Crippen molar-refractivity contribution < 1.29 is 0 Å². The Hall–Kier alpha value is -1.63. The summed E-state index contributed by atoms with van der Waals surface area (Å²) >= 11 is 0. The Morgan fingerprint density at radius 3 is 2.85 bits per heavy atom. The number of nitriles is 1. The molecule has 0 radical (unpaired) electrons. The molecule has 0 aliphatic carbocycles. The van der Waals surface area contributed by atoms with Crippen molar-refractivity contribution in [3.8, 4) is 6.07 Å². The lowest BCUT2D eigenvalue weighted by Crippen LogP contribution is -2.01. The fourth-order valence-corrected chi connectivity index (χ4v) is 1.02. The summed E-state index contributed by atoms with van der Waals surface area (Å²) in [6.45, 7) is 2.06. The Morgan fingerprint density at radius 1 is 1.54 bits per heavy atom. The number of aryl methyl sites for hydroxylation is 1. The van der Waals surface area contributed by atoms with Crippen LogP contribution in [0.4, 0.5) is 5.82 Å². The van der Waals surface area contributed by atoms with Gasteiger partial charge in [0.2, 0.25) is 0 Å². The second-order valence-corrected chi connectivity index (χ2v) is 2.67. The molecule has 1 aromatic rings. The number of anilines is 1. The third-order valence-electron chi connectivity index (χ3n) is 1.62. The Morgan fingerprint density at radius 2 is 2.31 bits per heavy atom. The van der Waals surface area contributed by atoms with Gasteiger partial charge in [0.1, 0.15) is 23.4 Å². The highest BCUT2D eigenvalue weighted by Crippen LogP contribution is 2.06. The quantitative estimate of drug-likeness (QED) is 0.755. The number of aromatic nitrogens is 2. The van der Waals surface area contributed by atoms with Crippen molar-refractivity contribution in [2.75, 3.05) is 12.4 Å². The summed E-state index contributed by atoms with van der Waals surface area (Å²) in [7, 11) is 1.78. The summed E-state index contributed by atoms with van der Waals surface area (Å²) in [5, 5.41) is 11.6. The average molecular weight is 176 g/mol. The lowest BCUT2D eigenvalue weighted by Gasteiger charge is -2.02. The first-order valence-electron chi connectivity index (χ1n) is 4.26. The van der Waals surface area contributed by atoms with Crippen molar-refractivity contribution in [1.82, 2.24) is 9.97 Å². The van der Waals surface area contributed by atoms with Gasteiger partial charge in [0.05, 0.1) is 0 Å². The standard InChI is InChI=1S/C9H12N4/c1-3-4-8-12-7(6-10)5-9(11-2)13-8/h5H,3-4H2,1-2H3,(H,11,12,13). The lowest BCUT2D eigenvalue weighted by atomic mass is 10.3. The van der Waals surface area contributed by atoms with E-state index in [1.807, 2.05) is 6.07 Å². The molecule has 0 aliphatic heterocycles. The molecule has 0 saturated carbocycles. The summed E-state index contributed by atoms with van der Waals surface area (Å²) in [5.74, 6) is 1.43. The lowest BCUT2D eigenvalue weighted by molar-refractivity contribution is 0.832. The van der Waals surface area contributed by atoms with E-state index in [0.717, 1.165) is 18.7 Å². The number of hydrogen-bond donors (Lipinski definition) is 1. The van der Waals surface area contributed by atoms with Crippen LogP contribution in [0, 0.1) is 11.3 Å². The van der Waals surface area contributed by atoms with E-state index in [1.165, 1.54) is 0 Å². The van der Waals surface area contributed by atoms with Crippen LogP contribution in [-0.4, -0.2) is 17.0 Å². The number of nitrogens with zero attached hydrogens (tertiary/aromatic N) is 3. The molecule has 1 aromatic heterocycles. The van der Waals surface area contributed by atoms with Crippen molar-refractivity contribution in [3.63, 3.8) is 0 Å². The predicted octanol–water partition coefficient (Wildman–Crippen LogP) is 1.34. The van der Waals surface area contributed by atoms with E-state index in [2.05, 4.69) is 22.2 Å². The molecular weight excluding hydrogens is 164 g/mol. The molecule has 68 valence electrons. The Balaban J connectivity index is 3.01. The molecule has 0 bridgehead atoms. The molecule has 0 atom stereocenters. The van der Waals surface area contributed by atoms with Crippen LogP contribution in [0.2, 0.25) is 0 Å². The van der Waals surface area contributed by atoms with E-state index in [4.69, 9.17) is 5.26 Å². The van der Waals surface area contributed by atoms with Crippen LogP contribution < -0.4 is 5.32 Å². The third kappa shape index (κ3) is 2.41. The van der Waals surface area contributed by atoms with E-state index < -0.39 is 0 Å². The molecule has 0 aliphatic rings. The molecule has 4 heteroatoms. The van der Waals surface area contributed by atoms with Crippen molar-refractivity contribution in [1.29, 1.82) is 5.26 Å². The number of rotatable bonds is 3. The summed E-state index contributed by atoms with van der Waals surface area (Å²) in [4.78, 5) is 8.29. The predicted molar refractivity (Wildman–Crippen MR) is 50.3 cm³/mol. The second-order valence-electron chi connectivity index (χ2n) is 2.67. The van der Waals surface area contributed by atoms with Gasteiger partial charge in [-0.25, -0.2) is 9.97 Å². The van der Waals surface area contributed by atoms with Crippen LogP contribution in [0.1, 0.15) is 24.9 Å². The van der Waals surface area contributed by atoms with Crippen LogP contribution in [0.15, 0.2) is 6.07 Å². The van der Waals surface area contributed by atoms with Gasteiger partial charge in [-0.15, -0.1) is 0 Å². The van der Waals surface area contributed by atoms with E-state index >= 15 is 0 Å². The maximum atomic E-state index is 8.68. The van der Waals surface area contributed by atoms with E-state index in [0.29, 0.717) is 11.5 Å². The molecule has 0 saturated heterocycles. The van der Waals surface area contributed by atoms with Gasteiger partial charge in [-0.1, -0.05) is 6.92 Å². The second kappa shape index (κ2) is 4.41. The Labute approximate surface area is 77.6 Å². The third-order valence-corrected chi connectivity index (χ3v) is 1.62. The van der Waals surface area contributed by atoms with Gasteiger partial charge < -0.3 is 5.32 Å². The van der Waals surface area contributed by atoms with Crippen molar-refractivity contribution >= 4 is 5.82 Å². The van der Waals surface area contributed by atoms with Crippen LogP contribution in [-0.2, 0) is 6.42 Å². The van der Waals surface area contributed by atoms with E-state index in [-0.39, 0.29) is 0 Å². The SMILES string of the molecule is CCCc1nc(C#N)cc(NC)n1. The summed E-state index contributed by atoms with van der Waals surface area (Å²) < 4.78 is 0. The minimum atomic E-state index is 0.419. The molecule has 1 N–H and O–H groups in total. The van der Waals surface area contributed by atoms with Gasteiger partial charge in [-0.3, -0.25) is 0 Å².